The highest BCUT2D eigenvalue weighted by molar-refractivity contribution is 6.32. The van der Waals surface area contributed by atoms with Gasteiger partial charge < -0.3 is 9.84 Å². The zero-order valence-corrected chi connectivity index (χ0v) is 35.6. The van der Waals surface area contributed by atoms with E-state index in [9.17, 15) is 19.5 Å². The number of nitrogens with zero attached hydrogens (tertiary/aromatic N) is 1. The number of esters is 1. The molecule has 0 radical (unpaired) electrons. The molecule has 1 aromatic rings. The van der Waals surface area contributed by atoms with Gasteiger partial charge in [0.25, 0.3) is 0 Å². The number of rotatable bonds is 7. The van der Waals surface area contributed by atoms with Crippen molar-refractivity contribution in [1.29, 1.82) is 0 Å². The summed E-state index contributed by atoms with van der Waals surface area (Å²) in [6, 6.07) is 8.04. The molecule has 0 aromatic heterocycles. The van der Waals surface area contributed by atoms with E-state index in [1.165, 1.54) is 11.3 Å². The fourth-order valence-electron chi connectivity index (χ4n) is 13.8. The Morgan fingerprint density at radius 3 is 2.38 bits per heavy atom. The van der Waals surface area contributed by atoms with Crippen LogP contribution in [0, 0.1) is 56.2 Å². The average molecular weight is 770 g/mol. The quantitative estimate of drug-likeness (QED) is 0.220. The van der Waals surface area contributed by atoms with Crippen molar-refractivity contribution in [1.82, 2.24) is 0 Å². The van der Waals surface area contributed by atoms with E-state index in [1.807, 2.05) is 24.3 Å². The van der Waals surface area contributed by atoms with Crippen LogP contribution in [0.2, 0.25) is 5.02 Å². The summed E-state index contributed by atoms with van der Waals surface area (Å²) in [5, 5.41) is 10.4. The van der Waals surface area contributed by atoms with Crippen LogP contribution in [-0.2, 0) is 19.1 Å². The van der Waals surface area contributed by atoms with Gasteiger partial charge in [-0.15, -0.1) is 5.73 Å². The molecule has 7 heteroatoms. The van der Waals surface area contributed by atoms with Crippen molar-refractivity contribution in [3.63, 3.8) is 0 Å². The maximum Gasteiger partial charge on any atom is 0.309 e. The second-order valence-electron chi connectivity index (χ2n) is 20.6. The molecule has 8 atom stereocenters. The molecule has 55 heavy (non-hydrogen) atoms. The molecule has 6 nitrogen and oxygen atoms in total. The molecule has 1 heterocycles. The normalized spacial score (nSPS) is 37.1. The molecule has 0 bridgehead atoms. The lowest BCUT2D eigenvalue weighted by Gasteiger charge is -2.72. The number of ether oxygens (including phenoxy) is 1. The number of aliphatic carboxylic acids is 1. The molecule has 0 saturated heterocycles. The molecule has 7 rings (SSSR count). The predicted octanol–water partition coefficient (Wildman–Crippen LogP) is 11.5. The van der Waals surface area contributed by atoms with Crippen molar-refractivity contribution in [3.8, 4) is 0 Å². The second-order valence-corrected chi connectivity index (χ2v) is 21.0. The molecule has 4 fully saturated rings. The van der Waals surface area contributed by atoms with Crippen LogP contribution in [0.1, 0.15) is 145 Å². The van der Waals surface area contributed by atoms with E-state index < -0.39 is 17.4 Å². The van der Waals surface area contributed by atoms with Gasteiger partial charge in [-0.05, 0) is 141 Å². The number of carboxylic acids is 1. The number of carboxylic acid groups (broad SMARTS) is 1. The molecule has 1 N–H and O–H groups in total. The van der Waals surface area contributed by atoms with Gasteiger partial charge in [-0.2, -0.15) is 0 Å². The first-order valence-electron chi connectivity index (χ1n) is 21.2. The molecule has 6 aliphatic rings. The Bertz CT molecular complexity index is 1910. The number of halogens is 1. The Labute approximate surface area is 334 Å². The van der Waals surface area contributed by atoms with E-state index in [-0.39, 0.29) is 45.5 Å². The SMILES string of the molecule is CC(C)C1=C2C3CCC4C5(C)CCC(OC(=O)CC(C)(C)C(=O)O)C(C)(C)C5CCC4(C)C3(C)CCC2(C2=NCC=C=C(c3ccccc3Cl)CC2)CC1=O. The Balaban J connectivity index is 1.19. The Hall–Kier alpha value is -2.95. The smallest absolute Gasteiger partial charge is 0.309 e. The van der Waals surface area contributed by atoms with Crippen LogP contribution in [0.4, 0.5) is 0 Å². The molecule has 1 aliphatic heterocycles. The zero-order chi connectivity index (χ0) is 39.9. The highest BCUT2D eigenvalue weighted by Crippen LogP contribution is 2.77. The van der Waals surface area contributed by atoms with Gasteiger partial charge in [0.05, 0.1) is 18.4 Å². The van der Waals surface area contributed by atoms with Gasteiger partial charge in [0.15, 0.2) is 5.78 Å². The van der Waals surface area contributed by atoms with Gasteiger partial charge in [0.2, 0.25) is 0 Å². The van der Waals surface area contributed by atoms with Crippen LogP contribution in [0.15, 0.2) is 52.2 Å². The van der Waals surface area contributed by atoms with E-state index in [4.69, 9.17) is 21.3 Å². The minimum Gasteiger partial charge on any atom is -0.481 e. The Kier molecular flexibility index (Phi) is 10.1. The summed E-state index contributed by atoms with van der Waals surface area (Å²) in [5.74, 6) is 0.339. The Morgan fingerprint density at radius 1 is 0.964 bits per heavy atom. The summed E-state index contributed by atoms with van der Waals surface area (Å²) in [4.78, 5) is 44.6. The van der Waals surface area contributed by atoms with E-state index in [0.29, 0.717) is 36.5 Å². The Morgan fingerprint density at radius 2 is 1.69 bits per heavy atom. The summed E-state index contributed by atoms with van der Waals surface area (Å²) < 4.78 is 6.20. The third-order valence-corrected chi connectivity index (χ3v) is 17.2. The zero-order valence-electron chi connectivity index (χ0n) is 34.9. The van der Waals surface area contributed by atoms with Gasteiger partial charge in [-0.25, -0.2) is 0 Å². The number of allylic oxidation sites excluding steroid dienone is 2. The van der Waals surface area contributed by atoms with Gasteiger partial charge in [0, 0.05) is 39.1 Å². The highest BCUT2D eigenvalue weighted by Gasteiger charge is 2.70. The lowest BCUT2D eigenvalue weighted by atomic mass is 9.33. The summed E-state index contributed by atoms with van der Waals surface area (Å²) in [6.07, 6.45) is 12.1. The van der Waals surface area contributed by atoms with Gasteiger partial charge >= 0.3 is 11.9 Å². The molecule has 8 unspecified atom stereocenters. The fraction of sp³-hybridized carbons (Fsp3) is 0.688. The third kappa shape index (κ3) is 6.17. The minimum atomic E-state index is -1.16. The van der Waals surface area contributed by atoms with Crippen molar-refractivity contribution in [2.75, 3.05) is 6.54 Å². The molecule has 5 aliphatic carbocycles. The van der Waals surface area contributed by atoms with Crippen LogP contribution in [0.3, 0.4) is 0 Å². The first-order valence-corrected chi connectivity index (χ1v) is 21.5. The van der Waals surface area contributed by atoms with E-state index in [0.717, 1.165) is 85.9 Å². The van der Waals surface area contributed by atoms with Crippen molar-refractivity contribution in [2.24, 2.45) is 61.2 Å². The number of hydrogen-bond acceptors (Lipinski definition) is 5. The van der Waals surface area contributed by atoms with Crippen LogP contribution in [0.25, 0.3) is 5.57 Å². The monoisotopic (exact) mass is 769 g/mol. The van der Waals surface area contributed by atoms with E-state index >= 15 is 0 Å². The highest BCUT2D eigenvalue weighted by atomic mass is 35.5. The number of aliphatic imine (C=N–C) groups is 1. The average Bonchev–Trinajstić information content (AvgIpc) is 3.39. The summed E-state index contributed by atoms with van der Waals surface area (Å²) in [6.45, 7) is 20.5. The summed E-state index contributed by atoms with van der Waals surface area (Å²) in [7, 11) is 0. The van der Waals surface area contributed by atoms with Crippen LogP contribution in [0.5, 0.6) is 0 Å². The molecule has 1 aromatic carbocycles. The van der Waals surface area contributed by atoms with E-state index in [1.54, 1.807) is 13.8 Å². The van der Waals surface area contributed by atoms with Crippen molar-refractivity contribution in [3.05, 3.63) is 57.8 Å². The van der Waals surface area contributed by atoms with E-state index in [2.05, 4.69) is 60.3 Å². The maximum absolute atomic E-state index is 14.4. The molecule has 0 amide bonds. The maximum atomic E-state index is 14.4. The topological polar surface area (TPSA) is 93.0 Å². The number of carbonyl (C=O) groups is 3. The number of fused-ring (bicyclic) bond motifs is 7. The molecular weight excluding hydrogens is 706 g/mol. The van der Waals surface area contributed by atoms with Crippen molar-refractivity contribution < 1.29 is 24.2 Å². The lowest BCUT2D eigenvalue weighted by molar-refractivity contribution is -0.232. The second kappa shape index (κ2) is 13.9. The summed E-state index contributed by atoms with van der Waals surface area (Å²) in [5.41, 5.74) is 7.90. The minimum absolute atomic E-state index is 0.0358. The van der Waals surface area contributed by atoms with Crippen LogP contribution < -0.4 is 0 Å². The molecule has 4 saturated carbocycles. The van der Waals surface area contributed by atoms with Crippen molar-refractivity contribution >= 4 is 40.6 Å². The number of ketones is 1. The third-order valence-electron chi connectivity index (χ3n) is 16.8. The first kappa shape index (κ1) is 40.3. The van der Waals surface area contributed by atoms with Gasteiger partial charge in [0.1, 0.15) is 6.10 Å². The van der Waals surface area contributed by atoms with Crippen molar-refractivity contribution in [2.45, 2.75) is 145 Å². The number of Topliss-reactive ketones (excluding diaryl/α,β-unsaturated/α-hetero) is 1. The molecule has 0 spiro atoms. The largest absolute Gasteiger partial charge is 0.481 e. The molecular formula is C48H64ClNO5. The van der Waals surface area contributed by atoms with Gasteiger partial charge in [-0.1, -0.05) is 78.3 Å². The standard InChI is InChI=1S/C48H64ClNO5/c1-29(2)40-34(51)27-48(37-19-16-30(13-12-26-50-37)31-14-10-11-15-33(31)49)25-24-46(8)32(41(40)48)17-18-36-45(7)22-21-38(55-39(52)28-43(3,4)42(53)54)44(5,6)35(45)20-23-47(36,46)9/h10-12,14-15,29,32,35-36,38H,16-28H2,1-9H3,(H,53,54). The fourth-order valence-corrected chi connectivity index (χ4v) is 14.1. The van der Waals surface area contributed by atoms with Crippen LogP contribution in [-0.4, -0.2) is 41.2 Å². The first-order chi connectivity index (χ1) is 25.7. The number of carbonyl (C=O) groups excluding carboxylic acids is 2. The summed E-state index contributed by atoms with van der Waals surface area (Å²) >= 11 is 6.69. The number of hydrogen-bond donors (Lipinski definition) is 1. The number of benzene rings is 1. The predicted molar refractivity (Wildman–Crippen MR) is 220 cm³/mol. The lowest BCUT2D eigenvalue weighted by Crippen LogP contribution is -2.66. The van der Waals surface area contributed by atoms with Crippen LogP contribution >= 0.6 is 11.6 Å². The van der Waals surface area contributed by atoms with Gasteiger partial charge in [-0.3, -0.25) is 19.4 Å². The molecule has 298 valence electrons.